The normalized spacial score (nSPS) is 11.4. The van der Waals surface area contributed by atoms with Gasteiger partial charge in [-0.15, -0.1) is 12.6 Å². The fourth-order valence-corrected chi connectivity index (χ4v) is 1.87. The van der Waals surface area contributed by atoms with Gasteiger partial charge in [0, 0.05) is 20.1 Å². The number of benzene rings is 1. The molecule has 3 N–H and O–H groups in total. The van der Waals surface area contributed by atoms with Crippen molar-refractivity contribution in [2.45, 2.75) is 19.3 Å². The second kappa shape index (κ2) is 8.74. The second-order valence-corrected chi connectivity index (χ2v) is 5.34. The molecule has 0 radical (unpaired) electrons. The van der Waals surface area contributed by atoms with Gasteiger partial charge in [-0.1, -0.05) is 12.1 Å². The van der Waals surface area contributed by atoms with Crippen LogP contribution < -0.4 is 20.7 Å². The van der Waals surface area contributed by atoms with Crippen molar-refractivity contribution in [1.29, 1.82) is 0 Å². The van der Waals surface area contributed by atoms with Crippen molar-refractivity contribution in [3.05, 3.63) is 29.3 Å². The van der Waals surface area contributed by atoms with Crippen LogP contribution in [-0.2, 0) is 4.79 Å². The molecule has 0 heterocycles. The van der Waals surface area contributed by atoms with E-state index in [1.54, 1.807) is 7.05 Å². The number of carbonyl (C=O) groups excluding carboxylic acids is 1. The maximum absolute atomic E-state index is 11.9. The van der Waals surface area contributed by atoms with Gasteiger partial charge in [-0.25, -0.2) is 0 Å². The van der Waals surface area contributed by atoms with E-state index >= 15 is 0 Å². The maximum Gasteiger partial charge on any atom is 0.271 e. The lowest BCUT2D eigenvalue weighted by molar-refractivity contribution is -0.124. The predicted molar refractivity (Wildman–Crippen MR) is 92.0 cm³/mol. The molecule has 1 aromatic carbocycles. The van der Waals surface area contributed by atoms with Gasteiger partial charge in [0.1, 0.15) is 5.75 Å². The highest BCUT2D eigenvalue weighted by Gasteiger charge is 2.16. The summed E-state index contributed by atoms with van der Waals surface area (Å²) in [5.41, 5.74) is 1.27. The zero-order valence-corrected chi connectivity index (χ0v) is 14.1. The molecule has 0 aliphatic rings. The van der Waals surface area contributed by atoms with Crippen molar-refractivity contribution >= 4 is 35.9 Å². The molecule has 0 aromatic heterocycles. The summed E-state index contributed by atoms with van der Waals surface area (Å²) in [5, 5.41) is 8.99. The van der Waals surface area contributed by atoms with E-state index in [1.165, 1.54) is 0 Å². The van der Waals surface area contributed by atoms with Gasteiger partial charge >= 0.3 is 0 Å². The van der Waals surface area contributed by atoms with Gasteiger partial charge in [-0.05, 0) is 43.3 Å². The van der Waals surface area contributed by atoms with E-state index in [4.69, 9.17) is 17.0 Å². The number of amides is 1. The average molecular weight is 327 g/mol. The minimum absolute atomic E-state index is 0.281. The number of thiol groups is 1. The second-order valence-electron chi connectivity index (χ2n) is 4.47. The van der Waals surface area contributed by atoms with E-state index in [2.05, 4.69) is 28.6 Å². The van der Waals surface area contributed by atoms with Gasteiger partial charge in [-0.2, -0.15) is 0 Å². The lowest BCUT2D eigenvalue weighted by Crippen LogP contribution is -2.41. The Hall–Kier alpha value is -1.47. The highest BCUT2D eigenvalue weighted by molar-refractivity contribution is 7.81. The zero-order valence-electron chi connectivity index (χ0n) is 12.4. The summed E-state index contributed by atoms with van der Waals surface area (Å²) in [6, 6.07) is 5.70. The molecule has 1 amide bonds. The summed E-state index contributed by atoms with van der Waals surface area (Å²) in [6.07, 6.45) is 0. The summed E-state index contributed by atoms with van der Waals surface area (Å²) in [5.74, 6) is 0.385. The van der Waals surface area contributed by atoms with Crippen molar-refractivity contribution in [2.75, 3.05) is 20.1 Å². The molecule has 5 nitrogen and oxygen atoms in total. The molecule has 21 heavy (non-hydrogen) atoms. The fourth-order valence-electron chi connectivity index (χ4n) is 1.56. The first-order chi connectivity index (χ1) is 9.95. The molecule has 0 saturated heterocycles. The minimum Gasteiger partial charge on any atom is -0.470 e. The van der Waals surface area contributed by atoms with Crippen LogP contribution in [0.3, 0.4) is 0 Å². The molecule has 0 aliphatic carbocycles. The molecule has 0 fully saturated rings. The molecule has 0 aliphatic heterocycles. The Labute approximate surface area is 136 Å². The van der Waals surface area contributed by atoms with Gasteiger partial charge in [0.2, 0.25) is 5.44 Å². The van der Waals surface area contributed by atoms with E-state index in [-0.39, 0.29) is 5.91 Å². The maximum atomic E-state index is 11.9. The minimum atomic E-state index is -0.846. The molecular weight excluding hydrogens is 306 g/mol. The number of ether oxygens (including phenoxy) is 1. The van der Waals surface area contributed by atoms with Crippen LogP contribution in [0.5, 0.6) is 5.75 Å². The first-order valence-electron chi connectivity index (χ1n) is 6.60. The molecule has 1 rings (SSSR count). The van der Waals surface area contributed by atoms with Gasteiger partial charge in [0.25, 0.3) is 5.91 Å². The molecule has 7 heteroatoms. The molecule has 0 spiro atoms. The monoisotopic (exact) mass is 327 g/mol. The van der Waals surface area contributed by atoms with Crippen molar-refractivity contribution in [2.24, 2.45) is 0 Å². The van der Waals surface area contributed by atoms with Gasteiger partial charge in [0.05, 0.1) is 0 Å². The van der Waals surface area contributed by atoms with Crippen LogP contribution in [0, 0.1) is 13.8 Å². The Morgan fingerprint density at radius 2 is 2.00 bits per heavy atom. The summed E-state index contributed by atoms with van der Waals surface area (Å²) < 4.78 is 5.58. The summed E-state index contributed by atoms with van der Waals surface area (Å²) in [7, 11) is 1.73. The number of nitrogens with one attached hydrogen (secondary N) is 3. The molecule has 0 saturated carbocycles. The van der Waals surface area contributed by atoms with Crippen LogP contribution in [0.4, 0.5) is 0 Å². The summed E-state index contributed by atoms with van der Waals surface area (Å²) >= 11 is 9.11. The lowest BCUT2D eigenvalue weighted by atomic mass is 10.1. The quantitative estimate of drug-likeness (QED) is 0.273. The van der Waals surface area contributed by atoms with Gasteiger partial charge in [-0.3, -0.25) is 4.79 Å². The molecule has 1 atom stereocenters. The number of thiocarbonyl (C=S) groups is 1. The zero-order chi connectivity index (χ0) is 15.8. The Bertz CT molecular complexity index is 509. The number of rotatable bonds is 6. The molecular formula is C14H21N3O2S2. The molecule has 1 aromatic rings. The highest BCUT2D eigenvalue weighted by atomic mass is 32.1. The third-order valence-electron chi connectivity index (χ3n) is 2.95. The molecule has 1 unspecified atom stereocenters. The molecule has 116 valence electrons. The number of hydrogen-bond acceptors (Lipinski definition) is 4. The summed E-state index contributed by atoms with van der Waals surface area (Å²) in [6.45, 7) is 4.92. The van der Waals surface area contributed by atoms with E-state index in [0.29, 0.717) is 24.0 Å². The summed E-state index contributed by atoms with van der Waals surface area (Å²) in [4.78, 5) is 11.9. The van der Waals surface area contributed by atoms with Gasteiger partial charge < -0.3 is 20.7 Å². The third-order valence-corrected chi connectivity index (χ3v) is 3.64. The van der Waals surface area contributed by atoms with Crippen LogP contribution in [0.2, 0.25) is 0 Å². The van der Waals surface area contributed by atoms with Crippen LogP contribution in [0.25, 0.3) is 0 Å². The Balaban J connectivity index is 2.41. The number of aryl methyl sites for hydroxylation is 1. The largest absolute Gasteiger partial charge is 0.470 e. The topological polar surface area (TPSA) is 62.4 Å². The Morgan fingerprint density at radius 1 is 1.33 bits per heavy atom. The lowest BCUT2D eigenvalue weighted by Gasteiger charge is -2.16. The van der Waals surface area contributed by atoms with Crippen LogP contribution in [0.15, 0.2) is 18.2 Å². The van der Waals surface area contributed by atoms with E-state index in [1.807, 2.05) is 32.0 Å². The fraction of sp³-hybridized carbons (Fsp3) is 0.429. The first-order valence-corrected chi connectivity index (χ1v) is 7.52. The average Bonchev–Trinajstić information content (AvgIpc) is 2.47. The van der Waals surface area contributed by atoms with Gasteiger partial charge in [0.15, 0.2) is 5.11 Å². The number of hydrogen-bond donors (Lipinski definition) is 4. The molecule has 0 bridgehead atoms. The van der Waals surface area contributed by atoms with E-state index < -0.39 is 5.44 Å². The highest BCUT2D eigenvalue weighted by Crippen LogP contribution is 2.22. The van der Waals surface area contributed by atoms with Crippen molar-refractivity contribution in [3.8, 4) is 5.75 Å². The van der Waals surface area contributed by atoms with Crippen LogP contribution >= 0.6 is 24.8 Å². The Kier molecular flexibility index (Phi) is 7.31. The van der Waals surface area contributed by atoms with Crippen molar-refractivity contribution in [1.82, 2.24) is 16.0 Å². The number of carbonyl (C=O) groups is 1. The van der Waals surface area contributed by atoms with Crippen LogP contribution in [0.1, 0.15) is 11.1 Å². The standard InChI is InChI=1S/C14H21N3O2S2/c1-9-5-4-6-11(10(9)2)19-13(20)12(18)16-7-8-17-14(21)15-3/h4-6,13,20H,7-8H2,1-3H3,(H,16,18)(H2,15,17,21). The smallest absolute Gasteiger partial charge is 0.271 e. The van der Waals surface area contributed by atoms with Crippen molar-refractivity contribution < 1.29 is 9.53 Å². The SMILES string of the molecule is CNC(=S)NCCNC(=O)C(S)Oc1cccc(C)c1C. The van der Waals surface area contributed by atoms with E-state index in [9.17, 15) is 4.79 Å². The van der Waals surface area contributed by atoms with E-state index in [0.717, 1.165) is 11.1 Å². The first kappa shape index (κ1) is 17.6. The predicted octanol–water partition coefficient (Wildman–Crippen LogP) is 1.15. The Morgan fingerprint density at radius 3 is 2.67 bits per heavy atom. The third kappa shape index (κ3) is 5.81. The van der Waals surface area contributed by atoms with Crippen LogP contribution in [-0.4, -0.2) is 36.6 Å². The van der Waals surface area contributed by atoms with Crippen molar-refractivity contribution in [3.63, 3.8) is 0 Å².